The third-order valence-corrected chi connectivity index (χ3v) is 3.48. The molecule has 1 aliphatic rings. The molecule has 1 fully saturated rings. The van der Waals surface area contributed by atoms with Crippen molar-refractivity contribution in [2.24, 2.45) is 5.73 Å². The lowest BCUT2D eigenvalue weighted by atomic mass is 10.2. The minimum atomic E-state index is -1.05. The van der Waals surface area contributed by atoms with E-state index in [2.05, 4.69) is 12.2 Å². The minimum Gasteiger partial charge on any atom is -0.382 e. The van der Waals surface area contributed by atoms with Crippen molar-refractivity contribution in [3.63, 3.8) is 0 Å². The Balaban J connectivity index is 2.16. The fraction of sp³-hybridized carbons (Fsp3) is 0.875. The summed E-state index contributed by atoms with van der Waals surface area (Å²) in [7, 11) is 0. The Bertz CT molecular complexity index is 189. The summed E-state index contributed by atoms with van der Waals surface area (Å²) < 4.78 is 0. The van der Waals surface area contributed by atoms with Crippen molar-refractivity contribution >= 4 is 17.7 Å². The van der Waals surface area contributed by atoms with E-state index in [0.29, 0.717) is 11.3 Å². The van der Waals surface area contributed by atoms with E-state index in [1.807, 2.05) is 11.8 Å². The number of carbonyl (C=O) groups is 1. The number of nitrogens with one attached hydrogen (secondary N) is 1. The first-order valence-corrected chi connectivity index (χ1v) is 5.47. The predicted octanol–water partition coefficient (Wildman–Crippen LogP) is -0.684. The van der Waals surface area contributed by atoms with Crippen LogP contribution in [0.1, 0.15) is 13.3 Å². The Morgan fingerprint density at radius 3 is 3.00 bits per heavy atom. The largest absolute Gasteiger partial charge is 0.382 e. The molecule has 76 valence electrons. The highest BCUT2D eigenvalue weighted by atomic mass is 32.2. The van der Waals surface area contributed by atoms with Crippen LogP contribution in [0, 0.1) is 0 Å². The summed E-state index contributed by atoms with van der Waals surface area (Å²) >= 11 is 1.91. The molecule has 5 heteroatoms. The maximum atomic E-state index is 10.5. The Labute approximate surface area is 82.3 Å². The molecule has 0 bridgehead atoms. The van der Waals surface area contributed by atoms with E-state index in [9.17, 15) is 4.79 Å². The number of hydrogen-bond acceptors (Lipinski definition) is 4. The van der Waals surface area contributed by atoms with Crippen LogP contribution in [0.5, 0.6) is 0 Å². The van der Waals surface area contributed by atoms with Gasteiger partial charge in [0.15, 0.2) is 0 Å². The van der Waals surface area contributed by atoms with Crippen LogP contribution in [0.3, 0.4) is 0 Å². The van der Waals surface area contributed by atoms with Gasteiger partial charge in [-0.3, -0.25) is 4.79 Å². The van der Waals surface area contributed by atoms with Gasteiger partial charge < -0.3 is 16.2 Å². The molecular formula is C8H16N2O2S. The fourth-order valence-electron chi connectivity index (χ4n) is 1.34. The monoisotopic (exact) mass is 204 g/mol. The smallest absolute Gasteiger partial charge is 0.247 e. The summed E-state index contributed by atoms with van der Waals surface area (Å²) in [5.41, 5.74) is 4.91. The molecule has 1 rings (SSSR count). The van der Waals surface area contributed by atoms with Gasteiger partial charge in [-0.2, -0.15) is 11.8 Å². The Morgan fingerprint density at radius 1 is 1.85 bits per heavy atom. The molecule has 0 aliphatic carbocycles. The quantitative estimate of drug-likeness (QED) is 0.567. The van der Waals surface area contributed by atoms with Crippen LogP contribution in [0.25, 0.3) is 0 Å². The van der Waals surface area contributed by atoms with Crippen LogP contribution in [0.15, 0.2) is 0 Å². The van der Waals surface area contributed by atoms with E-state index in [1.165, 1.54) is 0 Å². The van der Waals surface area contributed by atoms with Gasteiger partial charge in [-0.05, 0) is 6.42 Å². The lowest BCUT2D eigenvalue weighted by molar-refractivity contribution is -0.125. The van der Waals surface area contributed by atoms with Crippen molar-refractivity contribution in [1.82, 2.24) is 5.32 Å². The first kappa shape index (κ1) is 10.8. The lowest BCUT2D eigenvalue weighted by Crippen LogP contribution is -2.41. The first-order valence-electron chi connectivity index (χ1n) is 4.42. The van der Waals surface area contributed by atoms with Gasteiger partial charge in [-0.25, -0.2) is 0 Å². The van der Waals surface area contributed by atoms with Crippen LogP contribution in [-0.2, 0) is 4.79 Å². The summed E-state index contributed by atoms with van der Waals surface area (Å²) in [6.45, 7) is 2.45. The number of thioether (sulfide) groups is 1. The zero-order valence-corrected chi connectivity index (χ0v) is 8.51. The van der Waals surface area contributed by atoms with Crippen LogP contribution in [-0.4, -0.2) is 40.7 Å². The van der Waals surface area contributed by atoms with Gasteiger partial charge in [0, 0.05) is 23.6 Å². The molecule has 1 aliphatic heterocycles. The maximum absolute atomic E-state index is 10.5. The third-order valence-electron chi connectivity index (χ3n) is 2.13. The third kappa shape index (κ3) is 3.54. The molecule has 0 aromatic heterocycles. The van der Waals surface area contributed by atoms with E-state index in [-0.39, 0.29) is 6.54 Å². The number of amides is 1. The highest BCUT2D eigenvalue weighted by molar-refractivity contribution is 8.00. The average Bonchev–Trinajstić information content (AvgIpc) is 2.47. The summed E-state index contributed by atoms with van der Waals surface area (Å²) in [5.74, 6) is 0.387. The molecular weight excluding hydrogens is 188 g/mol. The van der Waals surface area contributed by atoms with Gasteiger partial charge in [-0.1, -0.05) is 6.92 Å². The fourth-order valence-corrected chi connectivity index (χ4v) is 2.52. The van der Waals surface area contributed by atoms with Crippen molar-refractivity contribution < 1.29 is 9.90 Å². The van der Waals surface area contributed by atoms with E-state index in [1.54, 1.807) is 0 Å². The second kappa shape index (κ2) is 4.83. The first-order chi connectivity index (χ1) is 6.09. The summed E-state index contributed by atoms with van der Waals surface area (Å²) in [5, 5.41) is 12.9. The molecule has 3 unspecified atom stereocenters. The number of aliphatic hydroxyl groups is 1. The summed E-state index contributed by atoms with van der Waals surface area (Å²) in [4.78, 5) is 10.5. The average molecular weight is 204 g/mol. The number of hydrogen-bond donors (Lipinski definition) is 3. The molecule has 0 radical (unpaired) electrons. The molecule has 0 aromatic carbocycles. The topological polar surface area (TPSA) is 75.3 Å². The number of rotatable bonds is 4. The Morgan fingerprint density at radius 2 is 2.54 bits per heavy atom. The minimum absolute atomic E-state index is 0.271. The Hall–Kier alpha value is -0.260. The van der Waals surface area contributed by atoms with E-state index in [4.69, 9.17) is 10.8 Å². The molecule has 0 spiro atoms. The highest BCUT2D eigenvalue weighted by Crippen LogP contribution is 2.25. The SMILES string of the molecule is CC1CC(NCC(O)C(N)=O)CS1. The van der Waals surface area contributed by atoms with E-state index >= 15 is 0 Å². The lowest BCUT2D eigenvalue weighted by Gasteiger charge is -2.13. The summed E-state index contributed by atoms with van der Waals surface area (Å²) in [6.07, 6.45) is 0.0387. The van der Waals surface area contributed by atoms with Gasteiger partial charge in [0.05, 0.1) is 0 Å². The van der Waals surface area contributed by atoms with Crippen LogP contribution in [0.2, 0.25) is 0 Å². The van der Waals surface area contributed by atoms with Gasteiger partial charge in [0.25, 0.3) is 0 Å². The zero-order valence-electron chi connectivity index (χ0n) is 7.69. The van der Waals surface area contributed by atoms with Crippen LogP contribution in [0.4, 0.5) is 0 Å². The van der Waals surface area contributed by atoms with Crippen molar-refractivity contribution in [1.29, 1.82) is 0 Å². The number of carbonyl (C=O) groups excluding carboxylic acids is 1. The second-order valence-electron chi connectivity index (χ2n) is 3.40. The number of aliphatic hydroxyl groups excluding tert-OH is 1. The van der Waals surface area contributed by atoms with Crippen LogP contribution >= 0.6 is 11.8 Å². The van der Waals surface area contributed by atoms with Gasteiger partial charge in [0.2, 0.25) is 5.91 Å². The molecule has 0 aromatic rings. The molecule has 1 amide bonds. The molecule has 3 atom stereocenters. The standard InChI is InChI=1S/C8H16N2O2S/c1-5-2-6(4-13-5)10-3-7(11)8(9)12/h5-7,10-11H,2-4H2,1H3,(H2,9,12). The van der Waals surface area contributed by atoms with Crippen molar-refractivity contribution in [2.75, 3.05) is 12.3 Å². The van der Waals surface area contributed by atoms with Crippen molar-refractivity contribution in [2.45, 2.75) is 30.7 Å². The predicted molar refractivity (Wildman–Crippen MR) is 53.5 cm³/mol. The highest BCUT2D eigenvalue weighted by Gasteiger charge is 2.22. The normalized spacial score (nSPS) is 30.3. The second-order valence-corrected chi connectivity index (χ2v) is 4.87. The molecule has 4 N–H and O–H groups in total. The molecule has 0 saturated carbocycles. The Kier molecular flexibility index (Phi) is 4.02. The molecule has 1 heterocycles. The number of primary amides is 1. The van der Waals surface area contributed by atoms with Gasteiger partial charge in [0.1, 0.15) is 6.10 Å². The zero-order chi connectivity index (χ0) is 9.84. The molecule has 1 saturated heterocycles. The van der Waals surface area contributed by atoms with Gasteiger partial charge in [-0.15, -0.1) is 0 Å². The van der Waals surface area contributed by atoms with Crippen molar-refractivity contribution in [3.8, 4) is 0 Å². The molecule has 4 nitrogen and oxygen atoms in total. The maximum Gasteiger partial charge on any atom is 0.247 e. The van der Waals surface area contributed by atoms with Gasteiger partial charge >= 0.3 is 0 Å². The van der Waals surface area contributed by atoms with E-state index < -0.39 is 12.0 Å². The summed E-state index contributed by atoms with van der Waals surface area (Å²) in [6, 6.07) is 0.411. The number of nitrogens with two attached hydrogens (primary N) is 1. The van der Waals surface area contributed by atoms with E-state index in [0.717, 1.165) is 12.2 Å². The van der Waals surface area contributed by atoms with Crippen LogP contribution < -0.4 is 11.1 Å². The molecule has 13 heavy (non-hydrogen) atoms. The van der Waals surface area contributed by atoms with Crippen molar-refractivity contribution in [3.05, 3.63) is 0 Å².